The quantitative estimate of drug-likeness (QED) is 0.542. The van der Waals surface area contributed by atoms with Crippen LogP contribution in [0.2, 0.25) is 0 Å². The van der Waals surface area contributed by atoms with E-state index in [0.717, 1.165) is 0 Å². The predicted octanol–water partition coefficient (Wildman–Crippen LogP) is 2.57. The van der Waals surface area contributed by atoms with Crippen LogP contribution >= 0.6 is 10.7 Å². The smallest absolute Gasteiger partial charge is 0.261 e. The Labute approximate surface area is 130 Å². The Balaban J connectivity index is 2.12. The standard InChI is InChI=1S/C14H9ClN2O4S/c15-22(19,20)12-8-6-11(7-9-12)14-13(16-21-17(14)18)10-4-2-1-3-5-10/h1-9H. The van der Waals surface area contributed by atoms with Crippen LogP contribution in [-0.2, 0) is 9.05 Å². The van der Waals surface area contributed by atoms with Crippen LogP contribution in [0.5, 0.6) is 0 Å². The van der Waals surface area contributed by atoms with Crippen molar-refractivity contribution in [3.63, 3.8) is 0 Å². The lowest BCUT2D eigenvalue weighted by Gasteiger charge is -2.01. The molecule has 0 aliphatic carbocycles. The van der Waals surface area contributed by atoms with Crippen LogP contribution in [-0.4, -0.2) is 13.6 Å². The molecule has 1 aromatic heterocycles. The van der Waals surface area contributed by atoms with Crippen LogP contribution in [0.1, 0.15) is 0 Å². The van der Waals surface area contributed by atoms with Gasteiger partial charge < -0.3 is 5.21 Å². The lowest BCUT2D eigenvalue weighted by Crippen LogP contribution is -2.25. The molecule has 2 aromatic carbocycles. The molecule has 0 aliphatic rings. The summed E-state index contributed by atoms with van der Waals surface area (Å²) >= 11 is 0. The average Bonchev–Trinajstić information content (AvgIpc) is 2.89. The van der Waals surface area contributed by atoms with E-state index in [1.807, 2.05) is 18.2 Å². The van der Waals surface area contributed by atoms with Gasteiger partial charge in [0, 0.05) is 27.0 Å². The molecule has 6 nitrogen and oxygen atoms in total. The monoisotopic (exact) mass is 336 g/mol. The van der Waals surface area contributed by atoms with E-state index in [2.05, 4.69) is 9.79 Å². The summed E-state index contributed by atoms with van der Waals surface area (Å²) in [7, 11) is 1.46. The first kappa shape index (κ1) is 14.6. The molecular weight excluding hydrogens is 328 g/mol. The molecule has 8 heteroatoms. The zero-order valence-corrected chi connectivity index (χ0v) is 12.6. The Morgan fingerprint density at radius 2 is 1.64 bits per heavy atom. The summed E-state index contributed by atoms with van der Waals surface area (Å²) in [4.78, 5) is 0.236. The van der Waals surface area contributed by atoms with Crippen LogP contribution in [0.15, 0.2) is 64.1 Å². The Kier molecular flexibility index (Phi) is 3.59. The summed E-state index contributed by atoms with van der Waals surface area (Å²) in [5.74, 6) is 0. The summed E-state index contributed by atoms with van der Waals surface area (Å²) < 4.78 is 27.2. The molecule has 0 saturated carbocycles. The van der Waals surface area contributed by atoms with Crippen molar-refractivity contribution < 1.29 is 17.9 Å². The number of nitrogens with zero attached hydrogens (tertiary/aromatic N) is 2. The summed E-state index contributed by atoms with van der Waals surface area (Å²) in [6, 6.07) is 14.6. The molecule has 0 aliphatic heterocycles. The highest BCUT2D eigenvalue weighted by Crippen LogP contribution is 2.28. The lowest BCUT2D eigenvalue weighted by atomic mass is 10.1. The minimum Gasteiger partial charge on any atom is -0.359 e. The number of benzene rings is 2. The maximum Gasteiger partial charge on any atom is 0.261 e. The van der Waals surface area contributed by atoms with Crippen LogP contribution in [0.25, 0.3) is 22.5 Å². The number of aromatic nitrogens is 2. The van der Waals surface area contributed by atoms with Gasteiger partial charge in [0.2, 0.25) is 5.69 Å². The van der Waals surface area contributed by atoms with Gasteiger partial charge in [0.05, 0.1) is 4.90 Å². The molecular formula is C14H9ClN2O4S. The second-order valence-corrected chi connectivity index (χ2v) is 7.02. The number of rotatable bonds is 3. The minimum atomic E-state index is -3.81. The largest absolute Gasteiger partial charge is 0.359 e. The van der Waals surface area contributed by atoms with Crippen LogP contribution in [0.3, 0.4) is 0 Å². The van der Waals surface area contributed by atoms with Gasteiger partial charge >= 0.3 is 0 Å². The molecule has 112 valence electrons. The van der Waals surface area contributed by atoms with E-state index < -0.39 is 9.05 Å². The Morgan fingerprint density at radius 1 is 1.00 bits per heavy atom. The van der Waals surface area contributed by atoms with E-state index in [9.17, 15) is 13.6 Å². The van der Waals surface area contributed by atoms with E-state index >= 15 is 0 Å². The van der Waals surface area contributed by atoms with Gasteiger partial charge in [-0.15, -0.1) is 0 Å². The van der Waals surface area contributed by atoms with Crippen molar-refractivity contribution in [1.82, 2.24) is 5.16 Å². The van der Waals surface area contributed by atoms with Crippen molar-refractivity contribution in [2.45, 2.75) is 4.90 Å². The summed E-state index contributed by atoms with van der Waals surface area (Å²) in [6.45, 7) is 0. The topological polar surface area (TPSA) is 87.1 Å². The normalized spacial score (nSPS) is 11.5. The second-order valence-electron chi connectivity index (χ2n) is 4.46. The number of hydrogen-bond donors (Lipinski definition) is 0. The van der Waals surface area contributed by atoms with Crippen molar-refractivity contribution in [1.29, 1.82) is 0 Å². The van der Waals surface area contributed by atoms with E-state index in [4.69, 9.17) is 10.7 Å². The number of hydrogen-bond acceptors (Lipinski definition) is 5. The predicted molar refractivity (Wildman–Crippen MR) is 79.4 cm³/mol. The molecule has 0 amide bonds. The molecule has 0 fully saturated rings. The third kappa shape index (κ3) is 2.68. The average molecular weight is 337 g/mol. The molecule has 3 aromatic rings. The molecule has 0 radical (unpaired) electrons. The maximum absolute atomic E-state index is 11.8. The van der Waals surface area contributed by atoms with Crippen molar-refractivity contribution in [3.05, 3.63) is 59.8 Å². The van der Waals surface area contributed by atoms with Crippen molar-refractivity contribution >= 4 is 19.7 Å². The third-order valence-electron chi connectivity index (χ3n) is 3.07. The molecule has 0 spiro atoms. The Hall–Kier alpha value is -2.38. The Bertz CT molecular complexity index is 906. The highest BCUT2D eigenvalue weighted by molar-refractivity contribution is 8.13. The van der Waals surface area contributed by atoms with E-state index in [-0.39, 0.29) is 15.5 Å². The first-order valence-corrected chi connectivity index (χ1v) is 8.48. The van der Waals surface area contributed by atoms with Gasteiger partial charge in [0.15, 0.2) is 0 Å². The van der Waals surface area contributed by atoms with Crippen molar-refractivity contribution in [3.8, 4) is 22.5 Å². The van der Waals surface area contributed by atoms with Gasteiger partial charge in [-0.25, -0.2) is 8.42 Å². The van der Waals surface area contributed by atoms with Crippen LogP contribution in [0.4, 0.5) is 0 Å². The van der Waals surface area contributed by atoms with Crippen LogP contribution in [0, 0.1) is 5.21 Å². The summed E-state index contributed by atoms with van der Waals surface area (Å²) in [5.41, 5.74) is 1.76. The first-order valence-electron chi connectivity index (χ1n) is 6.17. The fraction of sp³-hybridized carbons (Fsp3) is 0. The molecule has 0 unspecified atom stereocenters. The molecule has 1 heterocycles. The van der Waals surface area contributed by atoms with E-state index in [0.29, 0.717) is 16.8 Å². The molecule has 0 N–H and O–H groups in total. The maximum atomic E-state index is 11.8. The highest BCUT2D eigenvalue weighted by atomic mass is 35.7. The zero-order chi connectivity index (χ0) is 15.7. The molecule has 22 heavy (non-hydrogen) atoms. The SMILES string of the molecule is O=S(=O)(Cl)c1ccc(-c2c(-c3ccccc3)no[n+]2[O-])cc1. The van der Waals surface area contributed by atoms with Gasteiger partial charge in [-0.2, -0.15) is 0 Å². The fourth-order valence-electron chi connectivity index (χ4n) is 2.05. The van der Waals surface area contributed by atoms with Crippen LogP contribution < -0.4 is 4.90 Å². The molecule has 0 saturated heterocycles. The van der Waals surface area contributed by atoms with Crippen molar-refractivity contribution in [2.24, 2.45) is 0 Å². The first-order chi connectivity index (χ1) is 10.5. The highest BCUT2D eigenvalue weighted by Gasteiger charge is 2.23. The molecule has 3 rings (SSSR count). The van der Waals surface area contributed by atoms with Gasteiger partial charge in [-0.05, 0) is 29.2 Å². The van der Waals surface area contributed by atoms with Gasteiger partial charge in [0.1, 0.15) is 0 Å². The van der Waals surface area contributed by atoms with Crippen molar-refractivity contribution in [2.75, 3.05) is 0 Å². The van der Waals surface area contributed by atoms with Gasteiger partial charge in [-0.1, -0.05) is 30.3 Å². The van der Waals surface area contributed by atoms with Gasteiger partial charge in [0.25, 0.3) is 14.7 Å². The lowest BCUT2D eigenvalue weighted by molar-refractivity contribution is -0.793. The van der Waals surface area contributed by atoms with E-state index in [1.54, 1.807) is 12.1 Å². The summed E-state index contributed by atoms with van der Waals surface area (Å²) in [5, 5.41) is 15.6. The second kappa shape index (κ2) is 5.43. The fourth-order valence-corrected chi connectivity index (χ4v) is 2.82. The van der Waals surface area contributed by atoms with E-state index in [1.165, 1.54) is 24.3 Å². The third-order valence-corrected chi connectivity index (χ3v) is 4.44. The minimum absolute atomic E-state index is 0.0481. The Morgan fingerprint density at radius 3 is 2.23 bits per heavy atom. The van der Waals surface area contributed by atoms with Gasteiger partial charge in [-0.3, -0.25) is 4.63 Å². The number of halogens is 1. The molecule has 0 bridgehead atoms. The zero-order valence-electron chi connectivity index (χ0n) is 11.0. The summed E-state index contributed by atoms with van der Waals surface area (Å²) in [6.07, 6.45) is 0. The molecule has 0 atom stereocenters.